The lowest BCUT2D eigenvalue weighted by molar-refractivity contribution is -0.0541. The van der Waals surface area contributed by atoms with Crippen molar-refractivity contribution in [2.24, 2.45) is 0 Å². The minimum Gasteiger partial charge on any atom is -0.387 e. The van der Waals surface area contributed by atoms with Crippen LogP contribution in [0.1, 0.15) is 35.5 Å². The predicted molar refractivity (Wildman–Crippen MR) is 132 cm³/mol. The molecule has 13 nitrogen and oxygen atoms in total. The molecule has 1 fully saturated rings. The summed E-state index contributed by atoms with van der Waals surface area (Å²) in [5.41, 5.74) is 2.31. The molecule has 3 aromatic rings. The van der Waals surface area contributed by atoms with Crippen LogP contribution in [-0.2, 0) is 24.8 Å². The van der Waals surface area contributed by atoms with E-state index in [-0.39, 0.29) is 5.65 Å². The van der Waals surface area contributed by atoms with Crippen LogP contribution in [0.2, 0.25) is 0 Å². The van der Waals surface area contributed by atoms with E-state index in [4.69, 9.17) is 19.0 Å². The lowest BCUT2D eigenvalue weighted by atomic mass is 10.1. The van der Waals surface area contributed by atoms with Crippen molar-refractivity contribution in [1.82, 2.24) is 14.8 Å². The van der Waals surface area contributed by atoms with Gasteiger partial charge in [0.15, 0.2) is 17.8 Å². The van der Waals surface area contributed by atoms with Crippen molar-refractivity contribution in [3.63, 3.8) is 0 Å². The molecule has 39 heavy (non-hydrogen) atoms. The van der Waals surface area contributed by atoms with Gasteiger partial charge in [0, 0.05) is 23.0 Å². The molecule has 1 saturated heterocycles. The Kier molecular flexibility index (Phi) is 7.42. The smallest absolute Gasteiger partial charge is 0.340 e. The highest BCUT2D eigenvalue weighted by molar-refractivity contribution is 7.70. The molecular weight excluding hydrogens is 564 g/mol. The van der Waals surface area contributed by atoms with E-state index in [1.165, 1.54) is 16.9 Å². The first-order valence-corrected chi connectivity index (χ1v) is 15.4. The van der Waals surface area contributed by atoms with Crippen molar-refractivity contribution < 1.29 is 52.1 Å². The minimum atomic E-state index is -4.86. The number of ether oxygens (including phenoxy) is 1. The van der Waals surface area contributed by atoms with E-state index < -0.39 is 69.9 Å². The highest BCUT2D eigenvalue weighted by atomic mass is 31.2. The fourth-order valence-electron chi connectivity index (χ4n) is 4.99. The number of aliphatic hydroxyl groups excluding tert-OH is 2. The van der Waals surface area contributed by atoms with Crippen LogP contribution < -0.4 is 5.32 Å². The van der Waals surface area contributed by atoms with Gasteiger partial charge in [0.1, 0.15) is 29.9 Å². The van der Waals surface area contributed by atoms with Gasteiger partial charge < -0.3 is 39.5 Å². The average molecular weight is 590 g/mol. The van der Waals surface area contributed by atoms with Crippen LogP contribution in [0.15, 0.2) is 24.4 Å². The zero-order valence-electron chi connectivity index (χ0n) is 20.4. The fraction of sp³-hybridized carbons (Fsp3) is 0.455. The summed E-state index contributed by atoms with van der Waals surface area (Å²) < 4.78 is 62.8. The van der Waals surface area contributed by atoms with Crippen LogP contribution in [0.5, 0.6) is 0 Å². The molecule has 1 unspecified atom stereocenters. The number of benzene rings is 1. The third-order valence-corrected chi connectivity index (χ3v) is 10.1. The molecule has 1 aliphatic carbocycles. The van der Waals surface area contributed by atoms with E-state index in [0.717, 1.165) is 6.07 Å². The molecule has 6 atom stereocenters. The van der Waals surface area contributed by atoms with Crippen LogP contribution in [0.25, 0.3) is 11.0 Å². The molecule has 6 N–H and O–H groups in total. The van der Waals surface area contributed by atoms with Gasteiger partial charge in [0.2, 0.25) is 0 Å². The lowest BCUT2D eigenvalue weighted by Gasteiger charge is -2.19. The minimum absolute atomic E-state index is 0.252. The third-order valence-electron chi connectivity index (χ3n) is 6.64. The molecule has 0 bridgehead atoms. The first kappa shape index (κ1) is 28.2. The largest absolute Gasteiger partial charge is 0.387 e. The number of hydrogen-bond donors (Lipinski definition) is 6. The van der Waals surface area contributed by atoms with Crippen molar-refractivity contribution in [2.75, 3.05) is 17.8 Å². The standard InChI is InChI=1S/C22H26F2N4O9P2/c1-10-4-16(27-15-3-2-11-5-12(23)6-14(24)18(11)15)13-7-25-28(21(13)26-10)22-20(30)19(29)17(37-22)8-36-39(34,35)9-38(31,32)33/h4-7,15,17,19-20,22,29-30H,2-3,8-9H2,1H3,(H,26,27)(H,34,35)(H2,31,32,33)/t15-,17-,19-,20-,22+/m1/s1. The molecule has 1 aromatic carbocycles. The summed E-state index contributed by atoms with van der Waals surface area (Å²) in [5.74, 6) is -2.70. The summed E-state index contributed by atoms with van der Waals surface area (Å²) in [4.78, 5) is 32.0. The molecule has 2 aliphatic rings. The van der Waals surface area contributed by atoms with Crippen LogP contribution >= 0.6 is 15.2 Å². The topological polar surface area (TPSA) is 196 Å². The monoisotopic (exact) mass is 590 g/mol. The van der Waals surface area contributed by atoms with Gasteiger partial charge in [-0.2, -0.15) is 5.10 Å². The van der Waals surface area contributed by atoms with Crippen LogP contribution in [0.3, 0.4) is 0 Å². The summed E-state index contributed by atoms with van der Waals surface area (Å²) in [7, 11) is -9.57. The first-order chi connectivity index (χ1) is 18.2. The van der Waals surface area contributed by atoms with Crippen molar-refractivity contribution in [3.8, 4) is 0 Å². The number of anilines is 1. The van der Waals surface area contributed by atoms with E-state index >= 15 is 0 Å². The molecular formula is C22H26F2N4O9P2. The second-order valence-electron chi connectivity index (χ2n) is 9.62. The van der Waals surface area contributed by atoms with E-state index in [2.05, 4.69) is 15.4 Å². The van der Waals surface area contributed by atoms with E-state index in [0.29, 0.717) is 40.7 Å². The second kappa shape index (κ2) is 10.3. The van der Waals surface area contributed by atoms with E-state index in [1.807, 2.05) is 0 Å². The van der Waals surface area contributed by atoms with Gasteiger partial charge in [-0.25, -0.2) is 18.4 Å². The molecule has 0 spiro atoms. The van der Waals surface area contributed by atoms with Crippen LogP contribution in [0, 0.1) is 18.6 Å². The van der Waals surface area contributed by atoms with Gasteiger partial charge in [-0.3, -0.25) is 9.13 Å². The third kappa shape index (κ3) is 5.78. The Morgan fingerprint density at radius 3 is 2.64 bits per heavy atom. The van der Waals surface area contributed by atoms with Crippen molar-refractivity contribution >= 4 is 31.9 Å². The molecule has 0 saturated carbocycles. The average Bonchev–Trinajstić information content (AvgIpc) is 3.48. The number of rotatable bonds is 8. The maximum atomic E-state index is 14.6. The van der Waals surface area contributed by atoms with Crippen LogP contribution in [-0.4, -0.2) is 70.5 Å². The highest BCUT2D eigenvalue weighted by Gasteiger charge is 2.46. The number of halogens is 2. The van der Waals surface area contributed by atoms with E-state index in [9.17, 15) is 33.0 Å². The maximum Gasteiger partial charge on any atom is 0.340 e. The summed E-state index contributed by atoms with van der Waals surface area (Å²) in [6.07, 6.45) is -3.32. The Morgan fingerprint density at radius 2 is 1.92 bits per heavy atom. The predicted octanol–water partition coefficient (Wildman–Crippen LogP) is 2.07. The Bertz CT molecular complexity index is 1520. The van der Waals surface area contributed by atoms with Crippen molar-refractivity contribution in [1.29, 1.82) is 0 Å². The Hall–Kier alpha value is -2.32. The molecule has 3 heterocycles. The molecule has 17 heteroatoms. The zero-order valence-corrected chi connectivity index (χ0v) is 22.2. The number of hydrogen-bond acceptors (Lipinski definition) is 9. The van der Waals surface area contributed by atoms with Crippen LogP contribution in [0.4, 0.5) is 14.5 Å². The molecule has 212 valence electrons. The quantitative estimate of drug-likeness (QED) is 0.209. The van der Waals surface area contributed by atoms with Crippen molar-refractivity contribution in [3.05, 3.63) is 52.9 Å². The number of pyridine rings is 1. The Labute approximate surface area is 220 Å². The summed E-state index contributed by atoms with van der Waals surface area (Å²) >= 11 is 0. The molecule has 2 aromatic heterocycles. The summed E-state index contributed by atoms with van der Waals surface area (Å²) in [6, 6.07) is 3.45. The number of nitrogens with zero attached hydrogens (tertiary/aromatic N) is 3. The number of aryl methyl sites for hydroxylation is 2. The van der Waals surface area contributed by atoms with Crippen molar-refractivity contribution in [2.45, 2.75) is 50.3 Å². The van der Waals surface area contributed by atoms with Gasteiger partial charge in [0.25, 0.3) is 0 Å². The molecule has 0 radical (unpaired) electrons. The van der Waals surface area contributed by atoms with E-state index in [1.54, 1.807) is 13.0 Å². The van der Waals surface area contributed by atoms with Gasteiger partial charge in [0.05, 0.1) is 24.2 Å². The number of aliphatic hydroxyl groups is 2. The number of aromatic nitrogens is 3. The molecule has 1 aliphatic heterocycles. The SMILES string of the molecule is Cc1cc(N[C@@H]2CCc3cc(F)cc(F)c32)c2cnn([C@H]3O[C@H](COP(=O)(O)CP(=O)(O)O)[C@@H](O)[C@H]3O)c2n1. The number of nitrogens with one attached hydrogen (secondary N) is 1. The zero-order chi connectivity index (χ0) is 28.3. The van der Waals surface area contributed by atoms with Gasteiger partial charge >= 0.3 is 15.2 Å². The van der Waals surface area contributed by atoms with Gasteiger partial charge in [-0.1, -0.05) is 0 Å². The summed E-state index contributed by atoms with van der Waals surface area (Å²) in [6.45, 7) is 0.964. The second-order valence-corrected chi connectivity index (χ2v) is 13.6. The molecule has 5 rings (SSSR count). The summed E-state index contributed by atoms with van der Waals surface area (Å²) in [5, 5.41) is 29.1. The fourth-order valence-corrected chi connectivity index (χ4v) is 7.56. The first-order valence-electron chi connectivity index (χ1n) is 11.8. The van der Waals surface area contributed by atoms with Gasteiger partial charge in [-0.15, -0.1) is 0 Å². The lowest BCUT2D eigenvalue weighted by Crippen LogP contribution is -2.33. The highest BCUT2D eigenvalue weighted by Crippen LogP contribution is 2.55. The number of fused-ring (bicyclic) bond motifs is 2. The Morgan fingerprint density at radius 1 is 1.18 bits per heavy atom. The maximum absolute atomic E-state index is 14.6. The molecule has 0 amide bonds. The normalized spacial score (nSPS) is 26.6. The van der Waals surface area contributed by atoms with Gasteiger partial charge in [-0.05, 0) is 37.5 Å². The Balaban J connectivity index is 1.38.